The van der Waals surface area contributed by atoms with Gasteiger partial charge in [-0.05, 0) is 18.1 Å². The molecule has 0 saturated carbocycles. The number of methoxy groups -OCH3 is 1. The Morgan fingerprint density at radius 3 is 3.00 bits per heavy atom. The first-order chi connectivity index (χ1) is 9.15. The molecule has 1 aromatic carbocycles. The minimum absolute atomic E-state index is 0.130. The van der Waals surface area contributed by atoms with Gasteiger partial charge in [-0.3, -0.25) is 4.79 Å². The number of benzene rings is 1. The highest BCUT2D eigenvalue weighted by atomic mass is 16.5. The monoisotopic (exact) mass is 264 g/mol. The third-order valence-corrected chi connectivity index (χ3v) is 3.37. The van der Waals surface area contributed by atoms with Gasteiger partial charge in [0.25, 0.3) is 0 Å². The molecule has 1 saturated heterocycles. The Bertz CT molecular complexity index is 450. The molecule has 0 aliphatic carbocycles. The van der Waals surface area contributed by atoms with E-state index in [4.69, 9.17) is 4.74 Å². The lowest BCUT2D eigenvalue weighted by atomic mass is 10.1. The van der Waals surface area contributed by atoms with E-state index < -0.39 is 6.04 Å². The van der Waals surface area contributed by atoms with Gasteiger partial charge in [0.05, 0.1) is 13.7 Å². The predicted octanol–water partition coefficient (Wildman–Crippen LogP) is 0.628. The van der Waals surface area contributed by atoms with Crippen LogP contribution < -0.4 is 15.0 Å². The molecular weight excluding hydrogens is 244 g/mol. The maximum Gasteiger partial charge on any atom is 0.245 e. The number of rotatable bonds is 3. The number of anilines is 1. The van der Waals surface area contributed by atoms with Gasteiger partial charge in [0.2, 0.25) is 5.91 Å². The van der Waals surface area contributed by atoms with Crippen LogP contribution in [0.15, 0.2) is 24.3 Å². The molecule has 5 nitrogen and oxygen atoms in total. The summed E-state index contributed by atoms with van der Waals surface area (Å²) in [6, 6.07) is 7.01. The second kappa shape index (κ2) is 5.93. The Morgan fingerprint density at radius 2 is 2.32 bits per heavy atom. The van der Waals surface area contributed by atoms with Crippen molar-refractivity contribution in [3.05, 3.63) is 24.3 Å². The molecule has 0 aromatic heterocycles. The first kappa shape index (κ1) is 13.7. The fraction of sp³-hybridized carbons (Fsp3) is 0.500. The molecule has 1 fully saturated rings. The highest BCUT2D eigenvalue weighted by molar-refractivity contribution is 5.86. The summed E-state index contributed by atoms with van der Waals surface area (Å²) < 4.78 is 5.21. The lowest BCUT2D eigenvalue weighted by molar-refractivity contribution is -0.122. The number of aliphatic hydroxyl groups is 1. The van der Waals surface area contributed by atoms with E-state index in [0.29, 0.717) is 12.5 Å². The molecule has 1 aliphatic heterocycles. The Labute approximate surface area is 113 Å². The molecule has 2 atom stereocenters. The van der Waals surface area contributed by atoms with Crippen LogP contribution in [0.2, 0.25) is 0 Å². The number of hydrogen-bond donors (Lipinski definition) is 2. The van der Waals surface area contributed by atoms with Crippen LogP contribution in [0.25, 0.3) is 0 Å². The van der Waals surface area contributed by atoms with Gasteiger partial charge in [0.15, 0.2) is 0 Å². The van der Waals surface area contributed by atoms with Crippen molar-refractivity contribution in [2.75, 3.05) is 31.7 Å². The zero-order chi connectivity index (χ0) is 13.8. The number of nitrogens with one attached hydrogen (secondary N) is 1. The van der Waals surface area contributed by atoms with Gasteiger partial charge >= 0.3 is 0 Å². The van der Waals surface area contributed by atoms with E-state index >= 15 is 0 Å². The van der Waals surface area contributed by atoms with Gasteiger partial charge in [0, 0.05) is 24.8 Å². The normalized spacial score (nSPS) is 23.7. The Kier molecular flexibility index (Phi) is 4.27. The zero-order valence-corrected chi connectivity index (χ0v) is 11.3. The molecule has 104 valence electrons. The molecule has 5 heteroatoms. The minimum Gasteiger partial charge on any atom is -0.497 e. The van der Waals surface area contributed by atoms with Gasteiger partial charge in [-0.15, -0.1) is 0 Å². The topological polar surface area (TPSA) is 61.8 Å². The first-order valence-electron chi connectivity index (χ1n) is 6.45. The smallest absolute Gasteiger partial charge is 0.245 e. The standard InChI is InChI=1S/C14H20N2O3/c1-10-7-15-14(18)13(9-17)16(8-10)11-4-3-5-12(6-11)19-2/h3-6,10,13,17H,7-9H2,1-2H3,(H,15,18). The lowest BCUT2D eigenvalue weighted by Crippen LogP contribution is -2.47. The number of carbonyl (C=O) groups is 1. The molecule has 1 aromatic rings. The average molecular weight is 264 g/mol. The Hall–Kier alpha value is -1.75. The maximum absolute atomic E-state index is 12.0. The fourth-order valence-electron chi connectivity index (χ4n) is 2.32. The molecular formula is C14H20N2O3. The van der Waals surface area contributed by atoms with Gasteiger partial charge < -0.3 is 20.1 Å². The second-order valence-electron chi connectivity index (χ2n) is 4.90. The quantitative estimate of drug-likeness (QED) is 0.840. The number of aliphatic hydroxyl groups excluding tert-OH is 1. The highest BCUT2D eigenvalue weighted by Gasteiger charge is 2.30. The summed E-state index contributed by atoms with van der Waals surface area (Å²) in [6.07, 6.45) is 0. The van der Waals surface area contributed by atoms with Crippen LogP contribution in [0.1, 0.15) is 6.92 Å². The molecule has 2 rings (SSSR count). The van der Waals surface area contributed by atoms with Crippen LogP contribution in [0.3, 0.4) is 0 Å². The summed E-state index contributed by atoms with van der Waals surface area (Å²) in [6.45, 7) is 3.23. The molecule has 19 heavy (non-hydrogen) atoms. The number of carbonyl (C=O) groups excluding carboxylic acids is 1. The Morgan fingerprint density at radius 1 is 1.53 bits per heavy atom. The van der Waals surface area contributed by atoms with E-state index in [0.717, 1.165) is 18.0 Å². The third kappa shape index (κ3) is 2.98. The molecule has 1 amide bonds. The number of nitrogens with zero attached hydrogens (tertiary/aromatic N) is 1. The second-order valence-corrected chi connectivity index (χ2v) is 4.90. The number of ether oxygens (including phenoxy) is 1. The van der Waals surface area contributed by atoms with Crippen molar-refractivity contribution >= 4 is 11.6 Å². The molecule has 0 spiro atoms. The molecule has 2 N–H and O–H groups in total. The van der Waals surface area contributed by atoms with E-state index in [9.17, 15) is 9.90 Å². The van der Waals surface area contributed by atoms with Crippen molar-refractivity contribution in [2.45, 2.75) is 13.0 Å². The number of amides is 1. The molecule has 1 heterocycles. The van der Waals surface area contributed by atoms with Crippen LogP contribution >= 0.6 is 0 Å². The SMILES string of the molecule is COc1cccc(N2CC(C)CNC(=O)C2CO)c1. The Balaban J connectivity index is 2.33. The van der Waals surface area contributed by atoms with E-state index in [1.807, 2.05) is 29.2 Å². The van der Waals surface area contributed by atoms with E-state index in [-0.39, 0.29) is 12.5 Å². The van der Waals surface area contributed by atoms with Crippen molar-refractivity contribution in [1.29, 1.82) is 0 Å². The van der Waals surface area contributed by atoms with E-state index in [2.05, 4.69) is 12.2 Å². The lowest BCUT2D eigenvalue weighted by Gasteiger charge is -2.30. The number of hydrogen-bond acceptors (Lipinski definition) is 4. The minimum atomic E-state index is -0.544. The van der Waals surface area contributed by atoms with Crippen LogP contribution in [-0.4, -0.2) is 43.9 Å². The van der Waals surface area contributed by atoms with Crippen molar-refractivity contribution in [2.24, 2.45) is 5.92 Å². The van der Waals surface area contributed by atoms with Crippen molar-refractivity contribution < 1.29 is 14.6 Å². The summed E-state index contributed by atoms with van der Waals surface area (Å²) in [5.41, 5.74) is 0.891. The van der Waals surface area contributed by atoms with Gasteiger partial charge in [-0.1, -0.05) is 13.0 Å². The van der Waals surface area contributed by atoms with Crippen molar-refractivity contribution in [3.63, 3.8) is 0 Å². The summed E-state index contributed by atoms with van der Waals surface area (Å²) in [7, 11) is 1.61. The molecule has 1 aliphatic rings. The predicted molar refractivity (Wildman–Crippen MR) is 73.4 cm³/mol. The summed E-state index contributed by atoms with van der Waals surface area (Å²) in [4.78, 5) is 13.9. The highest BCUT2D eigenvalue weighted by Crippen LogP contribution is 2.24. The van der Waals surface area contributed by atoms with E-state index in [1.54, 1.807) is 7.11 Å². The van der Waals surface area contributed by atoms with E-state index in [1.165, 1.54) is 0 Å². The maximum atomic E-state index is 12.0. The molecule has 2 unspecified atom stereocenters. The average Bonchev–Trinajstić information content (AvgIpc) is 2.58. The summed E-state index contributed by atoms with van der Waals surface area (Å²) >= 11 is 0. The van der Waals surface area contributed by atoms with Crippen molar-refractivity contribution in [1.82, 2.24) is 5.32 Å². The summed E-state index contributed by atoms with van der Waals surface area (Å²) in [5, 5.41) is 12.3. The molecule has 0 radical (unpaired) electrons. The third-order valence-electron chi connectivity index (χ3n) is 3.37. The van der Waals surface area contributed by atoms with Crippen LogP contribution in [-0.2, 0) is 4.79 Å². The van der Waals surface area contributed by atoms with Gasteiger partial charge in [-0.25, -0.2) is 0 Å². The van der Waals surface area contributed by atoms with Gasteiger partial charge in [-0.2, -0.15) is 0 Å². The zero-order valence-electron chi connectivity index (χ0n) is 11.3. The van der Waals surface area contributed by atoms with Crippen LogP contribution in [0.4, 0.5) is 5.69 Å². The van der Waals surface area contributed by atoms with Crippen LogP contribution in [0.5, 0.6) is 5.75 Å². The fourth-order valence-corrected chi connectivity index (χ4v) is 2.32. The molecule has 0 bridgehead atoms. The first-order valence-corrected chi connectivity index (χ1v) is 6.45. The van der Waals surface area contributed by atoms with Gasteiger partial charge in [0.1, 0.15) is 11.8 Å². The van der Waals surface area contributed by atoms with Crippen LogP contribution in [0, 0.1) is 5.92 Å². The largest absolute Gasteiger partial charge is 0.497 e. The summed E-state index contributed by atoms with van der Waals surface area (Å²) in [5.74, 6) is 0.938. The van der Waals surface area contributed by atoms with Crippen molar-refractivity contribution in [3.8, 4) is 5.75 Å².